The molecular formula is C19H20N2O3. The molecule has 0 saturated carbocycles. The number of nitrogens with one attached hydrogen (secondary N) is 1. The Hall–Kier alpha value is -2.82. The van der Waals surface area contributed by atoms with Gasteiger partial charge in [0, 0.05) is 11.0 Å². The Morgan fingerprint density at radius 2 is 1.79 bits per heavy atom. The predicted octanol–water partition coefficient (Wildman–Crippen LogP) is 3.25. The molecule has 24 heavy (non-hydrogen) atoms. The second-order valence-corrected chi connectivity index (χ2v) is 6.51. The summed E-state index contributed by atoms with van der Waals surface area (Å²) in [6.45, 7) is 5.40. The van der Waals surface area contributed by atoms with Crippen LogP contribution in [0.3, 0.4) is 0 Å². The van der Waals surface area contributed by atoms with Crippen LogP contribution >= 0.6 is 0 Å². The highest BCUT2D eigenvalue weighted by Gasteiger charge is 2.25. The standard InChI is InChI=1S/C19H20N2O3/c1-19(2)12-23-16-9-8-14(10-17(16)24-13-19)11-20-21-18(22)15-6-4-3-5-7-15/h3-11H,12-13H2,1-2H3,(H,21,22)/b20-11+. The molecule has 1 N–H and O–H groups in total. The molecule has 0 fully saturated rings. The number of fused-ring (bicyclic) bond motifs is 1. The van der Waals surface area contributed by atoms with Gasteiger partial charge in [0.2, 0.25) is 0 Å². The number of amides is 1. The molecule has 2 aromatic rings. The molecule has 2 aromatic carbocycles. The summed E-state index contributed by atoms with van der Waals surface area (Å²) in [5, 5.41) is 4.00. The van der Waals surface area contributed by atoms with Crippen LogP contribution in [0.2, 0.25) is 0 Å². The van der Waals surface area contributed by atoms with E-state index >= 15 is 0 Å². The van der Waals surface area contributed by atoms with Gasteiger partial charge in [-0.1, -0.05) is 32.0 Å². The van der Waals surface area contributed by atoms with Gasteiger partial charge >= 0.3 is 0 Å². The molecule has 5 heteroatoms. The SMILES string of the molecule is CC1(C)COc2ccc(/C=N/NC(=O)c3ccccc3)cc2OC1. The molecule has 3 rings (SSSR count). The summed E-state index contributed by atoms with van der Waals surface area (Å²) in [6, 6.07) is 14.5. The van der Waals surface area contributed by atoms with Crippen molar-refractivity contribution in [3.63, 3.8) is 0 Å². The average Bonchev–Trinajstić information content (AvgIpc) is 2.74. The van der Waals surface area contributed by atoms with E-state index in [0.717, 1.165) is 11.3 Å². The molecule has 0 radical (unpaired) electrons. The number of carbonyl (C=O) groups excluding carboxylic acids is 1. The van der Waals surface area contributed by atoms with Gasteiger partial charge < -0.3 is 9.47 Å². The van der Waals surface area contributed by atoms with Crippen LogP contribution in [-0.4, -0.2) is 25.3 Å². The normalized spacial score (nSPS) is 15.8. The van der Waals surface area contributed by atoms with Crippen molar-refractivity contribution in [3.8, 4) is 11.5 Å². The van der Waals surface area contributed by atoms with Crippen molar-refractivity contribution >= 4 is 12.1 Å². The lowest BCUT2D eigenvalue weighted by molar-refractivity contribution is 0.0955. The van der Waals surface area contributed by atoms with Crippen molar-refractivity contribution < 1.29 is 14.3 Å². The van der Waals surface area contributed by atoms with Crippen molar-refractivity contribution in [2.45, 2.75) is 13.8 Å². The van der Waals surface area contributed by atoms with Gasteiger partial charge in [-0.15, -0.1) is 0 Å². The zero-order valence-corrected chi connectivity index (χ0v) is 13.8. The third-order valence-corrected chi connectivity index (χ3v) is 3.62. The Labute approximate surface area is 141 Å². The van der Waals surface area contributed by atoms with Gasteiger partial charge in [-0.05, 0) is 35.9 Å². The van der Waals surface area contributed by atoms with Crippen LogP contribution in [0.15, 0.2) is 53.6 Å². The summed E-state index contributed by atoms with van der Waals surface area (Å²) in [7, 11) is 0. The fourth-order valence-electron chi connectivity index (χ4n) is 2.24. The van der Waals surface area contributed by atoms with Gasteiger partial charge in [0.1, 0.15) is 0 Å². The van der Waals surface area contributed by atoms with E-state index in [1.165, 1.54) is 0 Å². The first-order valence-electron chi connectivity index (χ1n) is 7.82. The summed E-state index contributed by atoms with van der Waals surface area (Å²) >= 11 is 0. The van der Waals surface area contributed by atoms with E-state index in [0.29, 0.717) is 24.5 Å². The maximum atomic E-state index is 11.9. The average molecular weight is 324 g/mol. The maximum Gasteiger partial charge on any atom is 0.271 e. The Balaban J connectivity index is 1.66. The molecule has 124 valence electrons. The highest BCUT2D eigenvalue weighted by atomic mass is 16.5. The molecule has 0 spiro atoms. The summed E-state index contributed by atoms with van der Waals surface area (Å²) in [6.07, 6.45) is 1.58. The first-order valence-corrected chi connectivity index (χ1v) is 7.82. The van der Waals surface area contributed by atoms with Crippen LogP contribution in [0.1, 0.15) is 29.8 Å². The molecular weight excluding hydrogens is 304 g/mol. The van der Waals surface area contributed by atoms with E-state index < -0.39 is 0 Å². The van der Waals surface area contributed by atoms with E-state index in [1.807, 2.05) is 36.4 Å². The third-order valence-electron chi connectivity index (χ3n) is 3.62. The second-order valence-electron chi connectivity index (χ2n) is 6.51. The molecule has 1 heterocycles. The zero-order chi connectivity index (χ0) is 17.0. The lowest BCUT2D eigenvalue weighted by atomic mass is 9.97. The summed E-state index contributed by atoms with van der Waals surface area (Å²) in [4.78, 5) is 11.9. The Bertz CT molecular complexity index is 754. The van der Waals surface area contributed by atoms with Crippen LogP contribution in [0.4, 0.5) is 0 Å². The molecule has 0 aromatic heterocycles. The lowest BCUT2D eigenvalue weighted by Gasteiger charge is -2.19. The largest absolute Gasteiger partial charge is 0.489 e. The molecule has 1 amide bonds. The second kappa shape index (κ2) is 6.74. The summed E-state index contributed by atoms with van der Waals surface area (Å²) < 4.78 is 11.6. The van der Waals surface area contributed by atoms with Gasteiger partial charge in [0.15, 0.2) is 11.5 Å². The number of benzene rings is 2. The minimum Gasteiger partial charge on any atom is -0.489 e. The fourth-order valence-corrected chi connectivity index (χ4v) is 2.24. The smallest absolute Gasteiger partial charge is 0.271 e. The highest BCUT2D eigenvalue weighted by Crippen LogP contribution is 2.33. The Kier molecular flexibility index (Phi) is 4.51. The van der Waals surface area contributed by atoms with Crippen molar-refractivity contribution in [2.24, 2.45) is 10.5 Å². The molecule has 0 saturated heterocycles. The number of hydrazone groups is 1. The van der Waals surface area contributed by atoms with Crippen LogP contribution < -0.4 is 14.9 Å². The van der Waals surface area contributed by atoms with E-state index in [9.17, 15) is 4.79 Å². The number of carbonyl (C=O) groups is 1. The van der Waals surface area contributed by atoms with Gasteiger partial charge in [0.25, 0.3) is 5.91 Å². The zero-order valence-electron chi connectivity index (χ0n) is 13.8. The molecule has 1 aliphatic heterocycles. The van der Waals surface area contributed by atoms with Gasteiger partial charge in [-0.2, -0.15) is 5.10 Å². The van der Waals surface area contributed by atoms with Crippen molar-refractivity contribution in [1.82, 2.24) is 5.43 Å². The maximum absolute atomic E-state index is 11.9. The van der Waals surface area contributed by atoms with Crippen LogP contribution in [-0.2, 0) is 0 Å². The number of ether oxygens (including phenoxy) is 2. The number of hydrogen-bond acceptors (Lipinski definition) is 4. The van der Waals surface area contributed by atoms with E-state index in [2.05, 4.69) is 24.4 Å². The van der Waals surface area contributed by atoms with E-state index in [1.54, 1.807) is 18.3 Å². The topological polar surface area (TPSA) is 59.9 Å². The minimum absolute atomic E-state index is 0.0308. The molecule has 5 nitrogen and oxygen atoms in total. The predicted molar refractivity (Wildman–Crippen MR) is 92.7 cm³/mol. The third kappa shape index (κ3) is 3.93. The van der Waals surface area contributed by atoms with Crippen LogP contribution in [0.5, 0.6) is 11.5 Å². The van der Waals surface area contributed by atoms with Crippen LogP contribution in [0, 0.1) is 5.41 Å². The van der Waals surface area contributed by atoms with E-state index in [4.69, 9.17) is 9.47 Å². The molecule has 0 atom stereocenters. The molecule has 0 aliphatic carbocycles. The van der Waals surface area contributed by atoms with Gasteiger partial charge in [0.05, 0.1) is 19.4 Å². The molecule has 0 unspecified atom stereocenters. The number of hydrogen-bond donors (Lipinski definition) is 1. The van der Waals surface area contributed by atoms with E-state index in [-0.39, 0.29) is 11.3 Å². The Morgan fingerprint density at radius 1 is 1.08 bits per heavy atom. The van der Waals surface area contributed by atoms with Crippen molar-refractivity contribution in [1.29, 1.82) is 0 Å². The summed E-state index contributed by atoms with van der Waals surface area (Å²) in [5.41, 5.74) is 3.87. The van der Waals surface area contributed by atoms with Gasteiger partial charge in [-0.25, -0.2) is 5.43 Å². The number of nitrogens with zero attached hydrogens (tertiary/aromatic N) is 1. The quantitative estimate of drug-likeness (QED) is 0.696. The minimum atomic E-state index is -0.247. The molecule has 0 bridgehead atoms. The highest BCUT2D eigenvalue weighted by molar-refractivity contribution is 5.94. The molecule has 1 aliphatic rings. The van der Waals surface area contributed by atoms with Crippen LogP contribution in [0.25, 0.3) is 0 Å². The first kappa shape index (κ1) is 16.1. The first-order chi connectivity index (χ1) is 11.5. The monoisotopic (exact) mass is 324 g/mol. The lowest BCUT2D eigenvalue weighted by Crippen LogP contribution is -2.26. The van der Waals surface area contributed by atoms with Crippen molar-refractivity contribution in [3.05, 3.63) is 59.7 Å². The Morgan fingerprint density at radius 3 is 2.54 bits per heavy atom. The number of rotatable bonds is 3. The van der Waals surface area contributed by atoms with Crippen molar-refractivity contribution in [2.75, 3.05) is 13.2 Å². The van der Waals surface area contributed by atoms with Gasteiger partial charge in [-0.3, -0.25) is 4.79 Å². The fraction of sp³-hybridized carbons (Fsp3) is 0.263. The summed E-state index contributed by atoms with van der Waals surface area (Å²) in [5.74, 6) is 1.17.